The lowest BCUT2D eigenvalue weighted by atomic mass is 10.2. The van der Waals surface area contributed by atoms with E-state index < -0.39 is 0 Å². The van der Waals surface area contributed by atoms with Gasteiger partial charge in [0.15, 0.2) is 5.13 Å². The third-order valence-electron chi connectivity index (χ3n) is 4.00. The lowest BCUT2D eigenvalue weighted by Gasteiger charge is -2.31. The second-order valence-electron chi connectivity index (χ2n) is 5.64. The first-order valence-electron chi connectivity index (χ1n) is 6.95. The van der Waals surface area contributed by atoms with E-state index in [1.54, 1.807) is 11.3 Å². The summed E-state index contributed by atoms with van der Waals surface area (Å²) < 4.78 is 5.87. The fraction of sp³-hybridized carbons (Fsp3) is 0.769. The minimum absolute atomic E-state index is 0.445. The molecule has 5 heteroatoms. The number of aromatic nitrogens is 1. The highest BCUT2D eigenvalue weighted by Crippen LogP contribution is 2.31. The largest absolute Gasteiger partial charge is 0.371 e. The molecule has 4 nitrogen and oxygen atoms in total. The lowest BCUT2D eigenvalue weighted by molar-refractivity contribution is 0.0305. The molecule has 4 rings (SSSR count). The van der Waals surface area contributed by atoms with Gasteiger partial charge in [-0.25, -0.2) is 4.98 Å². The molecule has 0 aromatic carbocycles. The lowest BCUT2D eigenvalue weighted by Crippen LogP contribution is -2.42. The van der Waals surface area contributed by atoms with Crippen molar-refractivity contribution in [1.29, 1.82) is 0 Å². The van der Waals surface area contributed by atoms with Gasteiger partial charge in [-0.3, -0.25) is 0 Å². The van der Waals surface area contributed by atoms with Gasteiger partial charge in [-0.15, -0.1) is 11.3 Å². The van der Waals surface area contributed by atoms with Crippen LogP contribution in [0.1, 0.15) is 31.4 Å². The molecule has 0 radical (unpaired) electrons. The molecule has 18 heavy (non-hydrogen) atoms. The molecule has 1 aromatic heterocycles. The van der Waals surface area contributed by atoms with Crippen LogP contribution in [0.15, 0.2) is 5.38 Å². The zero-order valence-corrected chi connectivity index (χ0v) is 11.3. The van der Waals surface area contributed by atoms with E-state index in [4.69, 9.17) is 9.72 Å². The highest BCUT2D eigenvalue weighted by atomic mass is 32.1. The normalized spacial score (nSPS) is 31.0. The second-order valence-corrected chi connectivity index (χ2v) is 6.48. The number of ether oxygens (including phenoxy) is 1. The van der Waals surface area contributed by atoms with Gasteiger partial charge in [0.05, 0.1) is 17.9 Å². The predicted octanol–water partition coefficient (Wildman–Crippen LogP) is 1.76. The monoisotopic (exact) mass is 265 g/mol. The van der Waals surface area contributed by atoms with Gasteiger partial charge >= 0.3 is 0 Å². The van der Waals surface area contributed by atoms with Crippen LogP contribution in [0.5, 0.6) is 0 Å². The molecule has 1 aromatic rings. The molecular weight excluding hydrogens is 246 g/mol. The zero-order valence-electron chi connectivity index (χ0n) is 10.5. The average Bonchev–Trinajstić information content (AvgIpc) is 3.00. The van der Waals surface area contributed by atoms with E-state index in [0.29, 0.717) is 12.2 Å². The molecule has 2 bridgehead atoms. The fourth-order valence-corrected chi connectivity index (χ4v) is 3.68. The molecule has 3 aliphatic rings. The van der Waals surface area contributed by atoms with Crippen LogP contribution < -0.4 is 10.2 Å². The maximum absolute atomic E-state index is 5.87. The molecule has 0 amide bonds. The Morgan fingerprint density at radius 2 is 2.06 bits per heavy atom. The molecule has 1 aliphatic carbocycles. The van der Waals surface area contributed by atoms with Gasteiger partial charge in [0.2, 0.25) is 0 Å². The topological polar surface area (TPSA) is 37.4 Å². The van der Waals surface area contributed by atoms with E-state index in [9.17, 15) is 0 Å². The molecule has 2 unspecified atom stereocenters. The summed E-state index contributed by atoms with van der Waals surface area (Å²) in [5.74, 6) is 0. The van der Waals surface area contributed by atoms with Gasteiger partial charge in [-0.05, 0) is 25.7 Å². The number of nitrogens with one attached hydrogen (secondary N) is 1. The first-order chi connectivity index (χ1) is 8.87. The van der Waals surface area contributed by atoms with Crippen LogP contribution >= 0.6 is 11.3 Å². The Hall–Kier alpha value is -0.650. The first-order valence-corrected chi connectivity index (χ1v) is 7.83. The Balaban J connectivity index is 1.41. The summed E-state index contributed by atoms with van der Waals surface area (Å²) in [5, 5.41) is 6.90. The number of anilines is 1. The Bertz CT molecular complexity index is 420. The number of hydrogen-bond acceptors (Lipinski definition) is 5. The highest BCUT2D eigenvalue weighted by Gasteiger charge is 2.34. The summed E-state index contributed by atoms with van der Waals surface area (Å²) in [5.41, 5.74) is 1.20. The number of nitrogens with zero attached hydrogens (tertiary/aromatic N) is 2. The summed E-state index contributed by atoms with van der Waals surface area (Å²) in [6, 6.07) is 0.759. The smallest absolute Gasteiger partial charge is 0.185 e. The van der Waals surface area contributed by atoms with E-state index in [-0.39, 0.29) is 0 Å². The van der Waals surface area contributed by atoms with E-state index in [0.717, 1.165) is 25.7 Å². The Morgan fingerprint density at radius 1 is 1.28 bits per heavy atom. The van der Waals surface area contributed by atoms with Crippen LogP contribution in [0.3, 0.4) is 0 Å². The van der Waals surface area contributed by atoms with Gasteiger partial charge in [0, 0.05) is 31.1 Å². The van der Waals surface area contributed by atoms with Crippen molar-refractivity contribution in [3.63, 3.8) is 0 Å². The molecule has 98 valence electrons. The van der Waals surface area contributed by atoms with E-state index in [2.05, 4.69) is 15.6 Å². The molecule has 1 N–H and O–H groups in total. The van der Waals surface area contributed by atoms with Crippen LogP contribution in [0.2, 0.25) is 0 Å². The summed E-state index contributed by atoms with van der Waals surface area (Å²) in [7, 11) is 0. The van der Waals surface area contributed by atoms with Crippen molar-refractivity contribution >= 4 is 16.5 Å². The fourth-order valence-electron chi connectivity index (χ4n) is 2.83. The van der Waals surface area contributed by atoms with E-state index in [1.165, 1.54) is 36.5 Å². The van der Waals surface area contributed by atoms with Crippen molar-refractivity contribution in [2.24, 2.45) is 0 Å². The van der Waals surface area contributed by atoms with Gasteiger partial charge in [-0.2, -0.15) is 0 Å². The van der Waals surface area contributed by atoms with E-state index >= 15 is 0 Å². The van der Waals surface area contributed by atoms with Gasteiger partial charge in [0.1, 0.15) is 0 Å². The van der Waals surface area contributed by atoms with Crippen molar-refractivity contribution in [1.82, 2.24) is 10.3 Å². The molecule has 3 heterocycles. The van der Waals surface area contributed by atoms with Crippen molar-refractivity contribution < 1.29 is 4.74 Å². The van der Waals surface area contributed by atoms with Crippen molar-refractivity contribution in [3.05, 3.63) is 11.1 Å². The Kier molecular flexibility index (Phi) is 2.78. The number of morpholine rings is 1. The third kappa shape index (κ3) is 2.27. The third-order valence-corrected chi connectivity index (χ3v) is 4.95. The molecule has 2 saturated heterocycles. The summed E-state index contributed by atoms with van der Waals surface area (Å²) in [6.45, 7) is 2.98. The molecular formula is C13H19N3OS. The molecule has 3 fully saturated rings. The molecule has 2 atom stereocenters. The van der Waals surface area contributed by atoms with Crippen molar-refractivity contribution in [2.45, 2.75) is 50.5 Å². The van der Waals surface area contributed by atoms with Crippen LogP contribution in [0.25, 0.3) is 0 Å². The predicted molar refractivity (Wildman–Crippen MR) is 72.1 cm³/mol. The van der Waals surface area contributed by atoms with Crippen LogP contribution in [-0.2, 0) is 11.3 Å². The second kappa shape index (κ2) is 4.47. The number of hydrogen-bond donors (Lipinski definition) is 1. The average molecular weight is 265 g/mol. The van der Waals surface area contributed by atoms with Crippen LogP contribution in [0.4, 0.5) is 5.13 Å². The first kappa shape index (κ1) is 11.2. The Morgan fingerprint density at radius 3 is 2.78 bits per heavy atom. The Labute approximate surface area is 111 Å². The molecule has 0 spiro atoms. The number of fused-ring (bicyclic) bond motifs is 2. The summed E-state index contributed by atoms with van der Waals surface area (Å²) in [6.07, 6.45) is 6.01. The van der Waals surface area contributed by atoms with E-state index in [1.807, 2.05) is 0 Å². The van der Waals surface area contributed by atoms with Gasteiger partial charge in [0.25, 0.3) is 0 Å². The minimum atomic E-state index is 0.445. The summed E-state index contributed by atoms with van der Waals surface area (Å²) in [4.78, 5) is 7.17. The standard InChI is InChI=1S/C13H19N3OS/c1-2-9(1)14-5-10-8-18-13(15-10)16-6-11-3-4-12(7-16)17-11/h8-9,11-12,14H,1-7H2. The van der Waals surface area contributed by atoms with Gasteiger partial charge in [-0.1, -0.05) is 0 Å². The van der Waals surface area contributed by atoms with Crippen LogP contribution in [0, 0.1) is 0 Å². The quantitative estimate of drug-likeness (QED) is 0.900. The zero-order chi connectivity index (χ0) is 11.9. The molecule has 1 saturated carbocycles. The summed E-state index contributed by atoms with van der Waals surface area (Å²) >= 11 is 1.78. The minimum Gasteiger partial charge on any atom is -0.371 e. The highest BCUT2D eigenvalue weighted by molar-refractivity contribution is 7.13. The van der Waals surface area contributed by atoms with Gasteiger partial charge < -0.3 is 15.0 Å². The maximum atomic E-state index is 5.87. The maximum Gasteiger partial charge on any atom is 0.185 e. The number of thiazole rings is 1. The van der Waals surface area contributed by atoms with Crippen LogP contribution in [-0.4, -0.2) is 36.3 Å². The number of rotatable bonds is 4. The molecule has 2 aliphatic heterocycles. The van der Waals surface area contributed by atoms with Crippen molar-refractivity contribution in [3.8, 4) is 0 Å². The SMILES string of the molecule is c1sc(N2CC3CCC(C2)O3)nc1CNC1CC1. The van der Waals surface area contributed by atoms with Crippen molar-refractivity contribution in [2.75, 3.05) is 18.0 Å².